The van der Waals surface area contributed by atoms with Crippen molar-refractivity contribution >= 4 is 40.4 Å². The summed E-state index contributed by atoms with van der Waals surface area (Å²) in [5.74, 6) is -2.64. The van der Waals surface area contributed by atoms with Gasteiger partial charge in [-0.1, -0.05) is 81.1 Å². The molecule has 0 radical (unpaired) electrons. The number of likely N-dealkylation sites (tertiary alicyclic amines) is 1. The Labute approximate surface area is 289 Å². The smallest absolute Gasteiger partial charge is 0.408 e. The molecule has 2 fully saturated rings. The second-order valence-corrected chi connectivity index (χ2v) is 14.0. The number of hydrogen-bond donors (Lipinski definition) is 3. The van der Waals surface area contributed by atoms with Crippen molar-refractivity contribution in [1.29, 1.82) is 0 Å². The first-order chi connectivity index (χ1) is 23.4. The van der Waals surface area contributed by atoms with Crippen LogP contribution >= 0.6 is 0 Å². The van der Waals surface area contributed by atoms with Crippen LogP contribution in [0.1, 0.15) is 84.6 Å². The van der Waals surface area contributed by atoms with Gasteiger partial charge in [0, 0.05) is 19.5 Å². The maximum absolute atomic E-state index is 14.5. The van der Waals surface area contributed by atoms with Gasteiger partial charge in [-0.2, -0.15) is 0 Å². The van der Waals surface area contributed by atoms with Gasteiger partial charge in [-0.05, 0) is 62.3 Å². The van der Waals surface area contributed by atoms with E-state index in [1.54, 1.807) is 20.8 Å². The number of alkyl carbamates (subject to hydrolysis) is 1. The van der Waals surface area contributed by atoms with Crippen LogP contribution < -0.4 is 16.0 Å². The maximum Gasteiger partial charge on any atom is 0.408 e. The Morgan fingerprint density at radius 1 is 1.00 bits per heavy atom. The molecule has 2 aromatic rings. The molecular weight excluding hydrogens is 624 g/mol. The summed E-state index contributed by atoms with van der Waals surface area (Å²) >= 11 is 0. The van der Waals surface area contributed by atoms with Crippen LogP contribution in [0.3, 0.4) is 0 Å². The van der Waals surface area contributed by atoms with Crippen molar-refractivity contribution in [2.75, 3.05) is 13.1 Å². The predicted octanol–water partition coefficient (Wildman–Crippen LogP) is 4.96. The summed E-state index contributed by atoms with van der Waals surface area (Å²) in [6, 6.07) is 11.0. The number of rotatable bonds is 14. The van der Waals surface area contributed by atoms with Gasteiger partial charge in [0.25, 0.3) is 5.91 Å². The summed E-state index contributed by atoms with van der Waals surface area (Å²) in [7, 11) is 0. The van der Waals surface area contributed by atoms with Crippen LogP contribution in [0.15, 0.2) is 55.1 Å². The lowest BCUT2D eigenvalue weighted by atomic mass is 9.83. The molecule has 11 nitrogen and oxygen atoms in total. The van der Waals surface area contributed by atoms with Gasteiger partial charge in [0.15, 0.2) is 0 Å². The second-order valence-electron chi connectivity index (χ2n) is 14.0. The third-order valence-electron chi connectivity index (χ3n) is 9.10. The van der Waals surface area contributed by atoms with Crippen LogP contribution in [-0.2, 0) is 35.3 Å². The topological polar surface area (TPSA) is 143 Å². The van der Waals surface area contributed by atoms with Gasteiger partial charge in [0.2, 0.25) is 17.6 Å². The molecule has 266 valence electrons. The van der Waals surface area contributed by atoms with E-state index in [-0.39, 0.29) is 38.5 Å². The molecule has 2 aromatic carbocycles. The lowest BCUT2D eigenvalue weighted by Gasteiger charge is -2.35. The minimum atomic E-state index is -1.07. The van der Waals surface area contributed by atoms with Gasteiger partial charge in [0.05, 0.1) is 18.8 Å². The molecule has 49 heavy (non-hydrogen) atoms. The van der Waals surface area contributed by atoms with Crippen molar-refractivity contribution in [3.63, 3.8) is 0 Å². The highest BCUT2D eigenvalue weighted by atomic mass is 16.6. The van der Waals surface area contributed by atoms with Crippen molar-refractivity contribution in [2.45, 2.75) is 115 Å². The number of ketones is 1. The fraction of sp³-hybridized carbons (Fsp3) is 0.553. The molecular formula is C38H52N4O7. The molecule has 1 saturated heterocycles. The Hall–Kier alpha value is -4.25. The Morgan fingerprint density at radius 3 is 2.41 bits per heavy atom. The number of ether oxygens (including phenoxy) is 2. The summed E-state index contributed by atoms with van der Waals surface area (Å²) in [6.07, 6.45) is 5.67. The fourth-order valence-electron chi connectivity index (χ4n) is 6.73. The van der Waals surface area contributed by atoms with Crippen molar-refractivity contribution in [3.8, 4) is 0 Å². The molecule has 4 atom stereocenters. The highest BCUT2D eigenvalue weighted by molar-refractivity contribution is 6.38. The lowest BCUT2D eigenvalue weighted by molar-refractivity contribution is -0.143. The van der Waals surface area contributed by atoms with Gasteiger partial charge < -0.3 is 30.3 Å². The molecule has 0 aromatic heterocycles. The number of Topliss-reactive ketones (excluding diaryl/α,β-unsaturated/α-hetero) is 1. The van der Waals surface area contributed by atoms with Crippen molar-refractivity contribution < 1.29 is 33.4 Å². The quantitative estimate of drug-likeness (QED) is 0.190. The Balaban J connectivity index is 1.60. The molecule has 1 aliphatic carbocycles. The second kappa shape index (κ2) is 17.4. The third kappa shape index (κ3) is 10.4. The maximum atomic E-state index is 14.5. The van der Waals surface area contributed by atoms with Crippen LogP contribution in [0, 0.1) is 5.92 Å². The zero-order valence-electron chi connectivity index (χ0n) is 29.3. The highest BCUT2D eigenvalue weighted by Crippen LogP contribution is 2.31. The SMILES string of the molecule is C=CCNC(=O)C(=O)C(CCC)NC(=O)[C@@H]1CC(OCc2cccc3ccccc23)CN1C(=O)[C@@H](NC(=O)OC(C)(C)C)C1CCCCC1. The van der Waals surface area contributed by atoms with E-state index < -0.39 is 59.4 Å². The van der Waals surface area contributed by atoms with Gasteiger partial charge >= 0.3 is 6.09 Å². The molecule has 0 bridgehead atoms. The molecule has 2 aliphatic rings. The van der Waals surface area contributed by atoms with Gasteiger partial charge in [-0.15, -0.1) is 6.58 Å². The predicted molar refractivity (Wildman–Crippen MR) is 187 cm³/mol. The number of carbonyl (C=O) groups is 5. The molecule has 1 aliphatic heterocycles. The monoisotopic (exact) mass is 676 g/mol. The molecule has 2 unspecified atom stereocenters. The Bertz CT molecular complexity index is 1490. The highest BCUT2D eigenvalue weighted by Gasteiger charge is 2.45. The number of hydrogen-bond acceptors (Lipinski definition) is 7. The Kier molecular flexibility index (Phi) is 13.4. The van der Waals surface area contributed by atoms with E-state index in [0.717, 1.165) is 48.4 Å². The normalized spacial score (nSPS) is 19.5. The zero-order chi connectivity index (χ0) is 35.6. The average molecular weight is 677 g/mol. The summed E-state index contributed by atoms with van der Waals surface area (Å²) < 4.78 is 11.9. The fourth-order valence-corrected chi connectivity index (χ4v) is 6.73. The van der Waals surface area contributed by atoms with E-state index >= 15 is 0 Å². The van der Waals surface area contributed by atoms with Crippen LogP contribution in [0.25, 0.3) is 10.8 Å². The molecule has 0 spiro atoms. The summed E-state index contributed by atoms with van der Waals surface area (Å²) in [5, 5.41) is 10.2. The average Bonchev–Trinajstić information content (AvgIpc) is 3.52. The molecule has 3 N–H and O–H groups in total. The minimum absolute atomic E-state index is 0.116. The molecule has 4 amide bonds. The van der Waals surface area contributed by atoms with E-state index in [9.17, 15) is 24.0 Å². The van der Waals surface area contributed by atoms with Crippen LogP contribution in [0.5, 0.6) is 0 Å². The number of nitrogens with zero attached hydrogens (tertiary/aromatic N) is 1. The largest absolute Gasteiger partial charge is 0.444 e. The van der Waals surface area contributed by atoms with E-state index in [2.05, 4.69) is 22.5 Å². The van der Waals surface area contributed by atoms with E-state index in [1.165, 1.54) is 11.0 Å². The number of benzene rings is 2. The van der Waals surface area contributed by atoms with E-state index in [1.807, 2.05) is 49.4 Å². The standard InChI is InChI=1S/C38H52N4O7/c1-6-14-30(33(43)35(45)39-21-7-2)40-34(44)31-22-28(48-24-27-19-13-18-25-15-11-12-20-29(25)27)23-42(31)36(46)32(26-16-9-8-10-17-26)41-37(47)49-38(3,4)5/h7,11-13,15,18-20,26,28,30-32H,2,6,8-10,14,16-17,21-24H2,1,3-5H3,(H,39,45)(H,40,44)(H,41,47)/t28?,30?,31-,32-/m0/s1. The first kappa shape index (κ1) is 37.6. The summed E-state index contributed by atoms with van der Waals surface area (Å²) in [6.45, 7) is 11.2. The zero-order valence-corrected chi connectivity index (χ0v) is 29.3. The van der Waals surface area contributed by atoms with Crippen molar-refractivity contribution in [1.82, 2.24) is 20.9 Å². The van der Waals surface area contributed by atoms with E-state index in [0.29, 0.717) is 6.42 Å². The van der Waals surface area contributed by atoms with Crippen LogP contribution in [-0.4, -0.2) is 77.4 Å². The minimum Gasteiger partial charge on any atom is -0.444 e. The van der Waals surface area contributed by atoms with Crippen molar-refractivity contribution in [2.24, 2.45) is 5.92 Å². The number of carbonyl (C=O) groups excluding carboxylic acids is 5. The van der Waals surface area contributed by atoms with Gasteiger partial charge in [-0.3, -0.25) is 19.2 Å². The Morgan fingerprint density at radius 2 is 1.71 bits per heavy atom. The molecule has 1 heterocycles. The summed E-state index contributed by atoms with van der Waals surface area (Å²) in [5.41, 5.74) is 0.217. The van der Waals surface area contributed by atoms with E-state index in [4.69, 9.17) is 9.47 Å². The van der Waals surface area contributed by atoms with Crippen LogP contribution in [0.4, 0.5) is 4.79 Å². The number of nitrogens with one attached hydrogen (secondary N) is 3. The molecule has 4 rings (SSSR count). The number of fused-ring (bicyclic) bond motifs is 1. The lowest BCUT2D eigenvalue weighted by Crippen LogP contribution is -2.58. The summed E-state index contributed by atoms with van der Waals surface area (Å²) in [4.78, 5) is 68.6. The number of amides is 4. The first-order valence-corrected chi connectivity index (χ1v) is 17.5. The first-order valence-electron chi connectivity index (χ1n) is 17.5. The van der Waals surface area contributed by atoms with Gasteiger partial charge in [-0.25, -0.2) is 4.79 Å². The van der Waals surface area contributed by atoms with Crippen LogP contribution in [0.2, 0.25) is 0 Å². The van der Waals surface area contributed by atoms with Crippen molar-refractivity contribution in [3.05, 3.63) is 60.7 Å². The molecule has 11 heteroatoms. The third-order valence-corrected chi connectivity index (χ3v) is 9.10. The molecule has 1 saturated carbocycles. The van der Waals surface area contributed by atoms with Gasteiger partial charge in [0.1, 0.15) is 17.7 Å².